The molecule has 1 aliphatic rings. The zero-order valence-corrected chi connectivity index (χ0v) is 9.98. The van der Waals surface area contributed by atoms with Crippen LogP contribution in [-0.2, 0) is 0 Å². The van der Waals surface area contributed by atoms with Gasteiger partial charge in [0.05, 0.1) is 0 Å². The second-order valence-electron chi connectivity index (χ2n) is 3.69. The van der Waals surface area contributed by atoms with E-state index >= 15 is 0 Å². The number of halogens is 1. The number of unbranched alkanes of at least 4 members (excludes halogenated alkanes) is 3. The van der Waals surface area contributed by atoms with Crippen molar-refractivity contribution in [3.63, 3.8) is 0 Å². The van der Waals surface area contributed by atoms with Gasteiger partial charge in [-0.1, -0.05) is 28.8 Å². The van der Waals surface area contributed by atoms with Gasteiger partial charge in [-0.05, 0) is 19.4 Å². The first-order valence-electron chi connectivity index (χ1n) is 5.42. The summed E-state index contributed by atoms with van der Waals surface area (Å²) in [6.45, 7) is 6.17. The van der Waals surface area contributed by atoms with E-state index in [1.807, 2.05) is 0 Å². The van der Waals surface area contributed by atoms with Crippen LogP contribution in [0.3, 0.4) is 0 Å². The first-order valence-corrected chi connectivity index (χ1v) is 6.54. The molecular formula is C10H21BrN2. The SMILES string of the molecule is BrCCCCCCN1CCNCC1. The standard InChI is InChI=1S/C10H21BrN2/c11-5-3-1-2-4-8-13-9-6-12-7-10-13/h12H,1-10H2. The van der Waals surface area contributed by atoms with Gasteiger partial charge >= 0.3 is 0 Å². The average Bonchev–Trinajstić information content (AvgIpc) is 2.19. The van der Waals surface area contributed by atoms with Gasteiger partial charge in [0.2, 0.25) is 0 Å². The molecule has 0 radical (unpaired) electrons. The van der Waals surface area contributed by atoms with Gasteiger partial charge in [0.15, 0.2) is 0 Å². The van der Waals surface area contributed by atoms with Crippen LogP contribution in [0.4, 0.5) is 0 Å². The van der Waals surface area contributed by atoms with Crippen LogP contribution >= 0.6 is 15.9 Å². The van der Waals surface area contributed by atoms with Crippen LogP contribution in [0.15, 0.2) is 0 Å². The van der Waals surface area contributed by atoms with Crippen LogP contribution in [0.2, 0.25) is 0 Å². The molecule has 1 heterocycles. The van der Waals surface area contributed by atoms with Crippen molar-refractivity contribution in [2.45, 2.75) is 25.7 Å². The molecule has 0 amide bonds. The lowest BCUT2D eigenvalue weighted by molar-refractivity contribution is 0.236. The van der Waals surface area contributed by atoms with E-state index in [0.29, 0.717) is 0 Å². The van der Waals surface area contributed by atoms with E-state index < -0.39 is 0 Å². The van der Waals surface area contributed by atoms with Gasteiger partial charge in [0.25, 0.3) is 0 Å². The Morgan fingerprint density at radius 1 is 1.00 bits per heavy atom. The Bertz CT molecular complexity index is 113. The highest BCUT2D eigenvalue weighted by Gasteiger charge is 2.07. The Labute approximate surface area is 90.2 Å². The Balaban J connectivity index is 1.86. The Kier molecular flexibility index (Phi) is 6.86. The van der Waals surface area contributed by atoms with Crippen LogP contribution in [0.5, 0.6) is 0 Å². The summed E-state index contributed by atoms with van der Waals surface area (Å²) in [6.07, 6.45) is 5.50. The fraction of sp³-hybridized carbons (Fsp3) is 1.00. The molecule has 1 fully saturated rings. The summed E-state index contributed by atoms with van der Waals surface area (Å²) in [5, 5.41) is 4.54. The Morgan fingerprint density at radius 3 is 2.38 bits per heavy atom. The summed E-state index contributed by atoms with van der Waals surface area (Å²) >= 11 is 3.46. The number of nitrogens with one attached hydrogen (secondary N) is 1. The summed E-state index contributed by atoms with van der Waals surface area (Å²) in [7, 11) is 0. The summed E-state index contributed by atoms with van der Waals surface area (Å²) < 4.78 is 0. The predicted octanol–water partition coefficient (Wildman–Crippen LogP) is 1.85. The van der Waals surface area contributed by atoms with Crippen molar-refractivity contribution >= 4 is 15.9 Å². The number of hydrogen-bond acceptors (Lipinski definition) is 2. The lowest BCUT2D eigenvalue weighted by Gasteiger charge is -2.26. The quantitative estimate of drug-likeness (QED) is 0.571. The number of rotatable bonds is 6. The smallest absolute Gasteiger partial charge is 0.0107 e. The molecule has 0 unspecified atom stereocenters. The van der Waals surface area contributed by atoms with Gasteiger partial charge in [-0.25, -0.2) is 0 Å². The third-order valence-electron chi connectivity index (χ3n) is 2.57. The Hall–Kier alpha value is 0.400. The number of hydrogen-bond donors (Lipinski definition) is 1. The molecule has 13 heavy (non-hydrogen) atoms. The summed E-state index contributed by atoms with van der Waals surface area (Å²) in [4.78, 5) is 2.57. The molecule has 0 saturated carbocycles. The van der Waals surface area contributed by atoms with E-state index in [4.69, 9.17) is 0 Å². The van der Waals surface area contributed by atoms with E-state index in [1.165, 1.54) is 63.7 Å². The van der Waals surface area contributed by atoms with E-state index in [9.17, 15) is 0 Å². The fourth-order valence-corrected chi connectivity index (χ4v) is 2.11. The van der Waals surface area contributed by atoms with E-state index in [1.54, 1.807) is 0 Å². The van der Waals surface area contributed by atoms with E-state index in [-0.39, 0.29) is 0 Å². The highest BCUT2D eigenvalue weighted by atomic mass is 79.9. The molecule has 2 nitrogen and oxygen atoms in total. The minimum absolute atomic E-state index is 1.17. The molecule has 0 atom stereocenters. The van der Waals surface area contributed by atoms with Crippen LogP contribution in [0.25, 0.3) is 0 Å². The zero-order valence-electron chi connectivity index (χ0n) is 8.40. The molecule has 1 saturated heterocycles. The first kappa shape index (κ1) is 11.5. The molecule has 0 aliphatic carbocycles. The summed E-state index contributed by atoms with van der Waals surface area (Å²) in [6, 6.07) is 0. The largest absolute Gasteiger partial charge is 0.314 e. The molecule has 1 aliphatic heterocycles. The third kappa shape index (κ3) is 5.66. The predicted molar refractivity (Wildman–Crippen MR) is 61.6 cm³/mol. The van der Waals surface area contributed by atoms with E-state index in [2.05, 4.69) is 26.1 Å². The maximum absolute atomic E-state index is 3.46. The molecule has 0 spiro atoms. The fourth-order valence-electron chi connectivity index (χ4n) is 1.72. The van der Waals surface area contributed by atoms with Gasteiger partial charge < -0.3 is 10.2 Å². The first-order chi connectivity index (χ1) is 6.43. The normalized spacial score (nSPS) is 19.2. The summed E-state index contributed by atoms with van der Waals surface area (Å²) in [5.74, 6) is 0. The molecule has 3 heteroatoms. The molecule has 1 rings (SSSR count). The third-order valence-corrected chi connectivity index (χ3v) is 3.13. The minimum Gasteiger partial charge on any atom is -0.314 e. The van der Waals surface area contributed by atoms with Crippen LogP contribution in [0, 0.1) is 0 Å². The molecular weight excluding hydrogens is 228 g/mol. The molecule has 0 bridgehead atoms. The molecule has 0 aromatic carbocycles. The monoisotopic (exact) mass is 248 g/mol. The van der Waals surface area contributed by atoms with Gasteiger partial charge in [-0.2, -0.15) is 0 Å². The summed E-state index contributed by atoms with van der Waals surface area (Å²) in [5.41, 5.74) is 0. The highest BCUT2D eigenvalue weighted by molar-refractivity contribution is 9.09. The molecule has 0 aromatic rings. The van der Waals surface area contributed by atoms with Crippen molar-refractivity contribution < 1.29 is 0 Å². The second-order valence-corrected chi connectivity index (χ2v) is 4.49. The highest BCUT2D eigenvalue weighted by Crippen LogP contribution is 2.03. The van der Waals surface area contributed by atoms with Crippen molar-refractivity contribution in [1.29, 1.82) is 0 Å². The maximum atomic E-state index is 3.46. The molecule has 0 aromatic heterocycles. The number of nitrogens with zero attached hydrogens (tertiary/aromatic N) is 1. The van der Waals surface area contributed by atoms with E-state index in [0.717, 1.165) is 0 Å². The zero-order chi connectivity index (χ0) is 9.36. The van der Waals surface area contributed by atoms with Crippen molar-refractivity contribution in [2.24, 2.45) is 0 Å². The van der Waals surface area contributed by atoms with Gasteiger partial charge in [0, 0.05) is 31.5 Å². The van der Waals surface area contributed by atoms with Crippen molar-refractivity contribution in [3.05, 3.63) is 0 Å². The van der Waals surface area contributed by atoms with Crippen LogP contribution < -0.4 is 5.32 Å². The van der Waals surface area contributed by atoms with Crippen molar-refractivity contribution in [3.8, 4) is 0 Å². The second kappa shape index (κ2) is 7.77. The Morgan fingerprint density at radius 2 is 1.69 bits per heavy atom. The van der Waals surface area contributed by atoms with Crippen LogP contribution in [-0.4, -0.2) is 43.0 Å². The van der Waals surface area contributed by atoms with Gasteiger partial charge in [-0.3, -0.25) is 0 Å². The minimum atomic E-state index is 1.17. The topological polar surface area (TPSA) is 15.3 Å². The lowest BCUT2D eigenvalue weighted by Crippen LogP contribution is -2.43. The maximum Gasteiger partial charge on any atom is 0.0107 e. The molecule has 78 valence electrons. The van der Waals surface area contributed by atoms with Crippen LogP contribution in [0.1, 0.15) is 25.7 Å². The van der Waals surface area contributed by atoms with Gasteiger partial charge in [0.1, 0.15) is 0 Å². The van der Waals surface area contributed by atoms with Crippen molar-refractivity contribution in [2.75, 3.05) is 38.1 Å². The average molecular weight is 249 g/mol. The lowest BCUT2D eigenvalue weighted by atomic mass is 10.2. The number of piperazine rings is 1. The van der Waals surface area contributed by atoms with Gasteiger partial charge in [-0.15, -0.1) is 0 Å². The van der Waals surface area contributed by atoms with Crippen molar-refractivity contribution in [1.82, 2.24) is 10.2 Å². The molecule has 1 N–H and O–H groups in total. The number of alkyl halides is 1.